The van der Waals surface area contributed by atoms with Gasteiger partial charge < -0.3 is 5.11 Å². The molecule has 0 atom stereocenters. The number of nitrogens with zero attached hydrogens (tertiary/aromatic N) is 4. The number of aromatic nitrogens is 3. The molecule has 0 saturated heterocycles. The molecular weight excluding hydrogens is 204 g/mol. The molecule has 0 fully saturated rings. The van der Waals surface area contributed by atoms with E-state index in [1.54, 1.807) is 28.8 Å². The van der Waals surface area contributed by atoms with Crippen molar-refractivity contribution in [3.8, 4) is 11.9 Å². The molecule has 76 valence electrons. The molecule has 5 nitrogen and oxygen atoms in total. The van der Waals surface area contributed by atoms with Crippen LogP contribution in [0.25, 0.3) is 16.8 Å². The highest BCUT2D eigenvalue weighted by atomic mass is 16.3. The van der Waals surface area contributed by atoms with E-state index in [2.05, 4.69) is 16.0 Å². The van der Waals surface area contributed by atoms with Gasteiger partial charge in [-0.3, -0.25) is 4.40 Å². The van der Waals surface area contributed by atoms with E-state index < -0.39 is 0 Å². The van der Waals surface area contributed by atoms with Crippen LogP contribution in [0.2, 0.25) is 0 Å². The second kappa shape index (κ2) is 2.94. The molecule has 0 amide bonds. The minimum Gasteiger partial charge on any atom is -0.493 e. The molecule has 3 rings (SSSR count). The molecule has 16 heavy (non-hydrogen) atoms. The van der Waals surface area contributed by atoms with Crippen LogP contribution in [0.1, 0.15) is 5.56 Å². The van der Waals surface area contributed by atoms with Crippen LogP contribution >= 0.6 is 0 Å². The molecule has 0 spiro atoms. The van der Waals surface area contributed by atoms with Crippen molar-refractivity contribution in [1.82, 2.24) is 14.4 Å². The highest BCUT2D eigenvalue weighted by Crippen LogP contribution is 2.18. The third-order valence-corrected chi connectivity index (χ3v) is 2.38. The van der Waals surface area contributed by atoms with Gasteiger partial charge in [-0.05, 0) is 18.2 Å². The molecule has 3 aromatic rings. The summed E-state index contributed by atoms with van der Waals surface area (Å²) in [7, 11) is 0. The molecule has 0 bridgehead atoms. The van der Waals surface area contributed by atoms with Gasteiger partial charge in [0.25, 0.3) is 0 Å². The summed E-state index contributed by atoms with van der Waals surface area (Å²) in [6, 6.07) is 8.73. The number of nitriles is 1. The number of aromatic hydroxyl groups is 1. The third-order valence-electron chi connectivity index (χ3n) is 2.38. The van der Waals surface area contributed by atoms with Crippen LogP contribution in [0.5, 0.6) is 5.88 Å². The summed E-state index contributed by atoms with van der Waals surface area (Å²) in [6.07, 6.45) is 1.70. The van der Waals surface area contributed by atoms with Crippen LogP contribution in [0.15, 0.2) is 30.5 Å². The third kappa shape index (κ3) is 1.10. The van der Waals surface area contributed by atoms with Crippen LogP contribution in [0.4, 0.5) is 0 Å². The molecule has 0 saturated carbocycles. The van der Waals surface area contributed by atoms with Gasteiger partial charge in [0, 0.05) is 12.3 Å². The maximum absolute atomic E-state index is 9.24. The van der Waals surface area contributed by atoms with Crippen molar-refractivity contribution >= 4 is 16.8 Å². The Kier molecular flexibility index (Phi) is 1.59. The molecule has 0 aliphatic rings. The van der Waals surface area contributed by atoms with Gasteiger partial charge in [-0.1, -0.05) is 0 Å². The van der Waals surface area contributed by atoms with Crippen molar-refractivity contribution in [3.63, 3.8) is 0 Å². The maximum Gasteiger partial charge on any atom is 0.212 e. The van der Waals surface area contributed by atoms with Gasteiger partial charge in [0.2, 0.25) is 5.88 Å². The number of hydrogen-bond donors (Lipinski definition) is 1. The van der Waals surface area contributed by atoms with Crippen molar-refractivity contribution in [2.24, 2.45) is 0 Å². The first-order chi connectivity index (χ1) is 7.78. The van der Waals surface area contributed by atoms with Crippen molar-refractivity contribution in [3.05, 3.63) is 36.0 Å². The van der Waals surface area contributed by atoms with Crippen molar-refractivity contribution in [2.75, 3.05) is 0 Å². The molecule has 1 N–H and O–H groups in total. The van der Waals surface area contributed by atoms with Crippen molar-refractivity contribution < 1.29 is 5.11 Å². The monoisotopic (exact) mass is 210 g/mol. The fourth-order valence-corrected chi connectivity index (χ4v) is 1.65. The average Bonchev–Trinajstić information content (AvgIpc) is 2.65. The van der Waals surface area contributed by atoms with Crippen LogP contribution in [0, 0.1) is 11.3 Å². The number of fused-ring (bicyclic) bond motifs is 3. The minimum absolute atomic E-state index is 0.0589. The number of pyridine rings is 2. The fourth-order valence-electron chi connectivity index (χ4n) is 1.65. The van der Waals surface area contributed by atoms with Crippen LogP contribution in [-0.4, -0.2) is 19.5 Å². The smallest absolute Gasteiger partial charge is 0.212 e. The lowest BCUT2D eigenvalue weighted by Crippen LogP contribution is -1.86. The molecule has 0 radical (unpaired) electrons. The van der Waals surface area contributed by atoms with Gasteiger partial charge in [-0.15, -0.1) is 0 Å². The summed E-state index contributed by atoms with van der Waals surface area (Å²) in [5.41, 5.74) is 2.49. The predicted molar refractivity (Wildman–Crippen MR) is 56.9 cm³/mol. The summed E-state index contributed by atoms with van der Waals surface area (Å²) < 4.78 is 1.78. The highest BCUT2D eigenvalue weighted by Gasteiger charge is 2.06. The van der Waals surface area contributed by atoms with E-state index in [0.717, 1.165) is 5.52 Å². The normalized spacial score (nSPS) is 10.7. The number of rotatable bonds is 0. The van der Waals surface area contributed by atoms with Gasteiger partial charge in [0.1, 0.15) is 11.7 Å². The Labute approximate surface area is 90.2 Å². The van der Waals surface area contributed by atoms with E-state index in [-0.39, 0.29) is 5.88 Å². The lowest BCUT2D eigenvalue weighted by atomic mass is 10.3. The van der Waals surface area contributed by atoms with Crippen LogP contribution in [-0.2, 0) is 0 Å². The zero-order chi connectivity index (χ0) is 11.1. The predicted octanol–water partition coefficient (Wildman–Crippen LogP) is 1.46. The van der Waals surface area contributed by atoms with E-state index in [0.29, 0.717) is 16.9 Å². The SMILES string of the molecule is N#Cc1ccc2nc3nc(O)ccc3n2c1. The van der Waals surface area contributed by atoms with Gasteiger partial charge >= 0.3 is 0 Å². The Balaban J connectivity index is 2.48. The summed E-state index contributed by atoms with van der Waals surface area (Å²) in [6.45, 7) is 0. The molecule has 0 aliphatic carbocycles. The Morgan fingerprint density at radius 3 is 2.88 bits per heavy atom. The fraction of sp³-hybridized carbons (Fsp3) is 0. The quantitative estimate of drug-likeness (QED) is 0.609. The molecule has 0 aliphatic heterocycles. The topological polar surface area (TPSA) is 74.2 Å². The Bertz CT molecular complexity index is 739. The van der Waals surface area contributed by atoms with Crippen molar-refractivity contribution in [2.45, 2.75) is 0 Å². The Morgan fingerprint density at radius 1 is 1.19 bits per heavy atom. The van der Waals surface area contributed by atoms with Crippen LogP contribution in [0.3, 0.4) is 0 Å². The highest BCUT2D eigenvalue weighted by molar-refractivity contribution is 5.77. The first kappa shape index (κ1) is 8.68. The molecule has 0 aromatic carbocycles. The zero-order valence-corrected chi connectivity index (χ0v) is 8.12. The average molecular weight is 210 g/mol. The van der Waals surface area contributed by atoms with E-state index in [1.165, 1.54) is 6.07 Å². The lowest BCUT2D eigenvalue weighted by molar-refractivity contribution is 0.455. The van der Waals surface area contributed by atoms with E-state index >= 15 is 0 Å². The molecular formula is C11H6N4O. The summed E-state index contributed by atoms with van der Waals surface area (Å²) in [5, 5.41) is 18.1. The standard InChI is InChI=1S/C11H6N4O/c12-5-7-1-3-9-13-11-8(15(9)6-7)2-4-10(16)14-11/h1-4,6H,(H,14,16). The van der Waals surface area contributed by atoms with Gasteiger partial charge in [-0.2, -0.15) is 10.2 Å². The molecule has 0 unspecified atom stereocenters. The summed E-state index contributed by atoms with van der Waals surface area (Å²) in [5.74, 6) is -0.0589. The molecule has 3 heterocycles. The van der Waals surface area contributed by atoms with E-state index in [9.17, 15) is 5.11 Å². The van der Waals surface area contributed by atoms with Gasteiger partial charge in [0.05, 0.1) is 11.1 Å². The van der Waals surface area contributed by atoms with E-state index in [1.807, 2.05) is 0 Å². The van der Waals surface area contributed by atoms with Gasteiger partial charge in [0.15, 0.2) is 5.65 Å². The molecule has 5 heteroatoms. The number of imidazole rings is 1. The first-order valence-corrected chi connectivity index (χ1v) is 4.66. The Morgan fingerprint density at radius 2 is 2.06 bits per heavy atom. The Hall–Kier alpha value is -2.61. The largest absolute Gasteiger partial charge is 0.493 e. The van der Waals surface area contributed by atoms with Crippen molar-refractivity contribution in [1.29, 1.82) is 5.26 Å². The van der Waals surface area contributed by atoms with Crippen LogP contribution < -0.4 is 0 Å². The van der Waals surface area contributed by atoms with Gasteiger partial charge in [-0.25, -0.2) is 4.98 Å². The minimum atomic E-state index is -0.0589. The second-order valence-corrected chi connectivity index (χ2v) is 3.38. The zero-order valence-electron chi connectivity index (χ0n) is 8.12. The second-order valence-electron chi connectivity index (χ2n) is 3.38. The molecule has 3 aromatic heterocycles. The summed E-state index contributed by atoms with van der Waals surface area (Å²) >= 11 is 0. The summed E-state index contributed by atoms with van der Waals surface area (Å²) in [4.78, 5) is 8.14. The first-order valence-electron chi connectivity index (χ1n) is 4.66. The van der Waals surface area contributed by atoms with E-state index in [4.69, 9.17) is 5.26 Å². The number of hydrogen-bond acceptors (Lipinski definition) is 4. The lowest BCUT2D eigenvalue weighted by Gasteiger charge is -1.95. The maximum atomic E-state index is 9.24.